The molecule has 0 aliphatic heterocycles. The van der Waals surface area contributed by atoms with E-state index in [0.29, 0.717) is 23.6 Å². The number of nitrogens with one attached hydrogen (secondary N) is 1. The van der Waals surface area contributed by atoms with E-state index in [1.165, 1.54) is 0 Å². The lowest BCUT2D eigenvalue weighted by Gasteiger charge is -2.13. The van der Waals surface area contributed by atoms with Gasteiger partial charge in [-0.05, 0) is 61.9 Å². The Morgan fingerprint density at radius 2 is 1.71 bits per heavy atom. The Morgan fingerprint density at radius 3 is 2.35 bits per heavy atom. The van der Waals surface area contributed by atoms with Crippen LogP contribution in [-0.4, -0.2) is 21.2 Å². The normalized spacial score (nSPS) is 11.8. The summed E-state index contributed by atoms with van der Waals surface area (Å²) in [5.74, 6) is 1.37. The van der Waals surface area contributed by atoms with E-state index >= 15 is 0 Å². The van der Waals surface area contributed by atoms with Crippen molar-refractivity contribution in [3.63, 3.8) is 0 Å². The number of halogens is 1. The Hall–Kier alpha value is -2.84. The molecule has 0 aromatic heterocycles. The number of nitrogens with zero attached hydrogens (tertiary/aromatic N) is 1. The van der Waals surface area contributed by atoms with Crippen LogP contribution in [-0.2, 0) is 16.6 Å². The van der Waals surface area contributed by atoms with Crippen molar-refractivity contribution in [1.82, 2.24) is 4.83 Å². The zero-order valence-electron chi connectivity index (χ0n) is 17.4. The predicted octanol–water partition coefficient (Wildman–Crippen LogP) is 5.05. The molecule has 0 amide bonds. The molecule has 0 aliphatic rings. The summed E-state index contributed by atoms with van der Waals surface area (Å²) in [4.78, 5) is 2.45. The third kappa shape index (κ3) is 6.08. The summed E-state index contributed by atoms with van der Waals surface area (Å²) in [7, 11) is -2.15. The average Bonchev–Trinajstić information content (AvgIpc) is 2.77. The van der Waals surface area contributed by atoms with E-state index in [2.05, 4.69) is 25.9 Å². The summed E-state index contributed by atoms with van der Waals surface area (Å²) in [6, 6.07) is 19.7. The highest BCUT2D eigenvalue weighted by Gasteiger charge is 2.14. The van der Waals surface area contributed by atoms with Crippen LogP contribution in [0.25, 0.3) is 0 Å². The van der Waals surface area contributed by atoms with Gasteiger partial charge in [-0.25, -0.2) is 0 Å². The molecule has 0 saturated heterocycles. The molecule has 31 heavy (non-hydrogen) atoms. The molecule has 0 saturated carbocycles. The van der Waals surface area contributed by atoms with Crippen LogP contribution in [0, 0.1) is 6.92 Å². The van der Waals surface area contributed by atoms with Gasteiger partial charge >= 0.3 is 0 Å². The molecule has 0 bridgehead atoms. The summed E-state index contributed by atoms with van der Waals surface area (Å²) in [5, 5.41) is 4.11. The van der Waals surface area contributed by atoms with Gasteiger partial charge in [-0.2, -0.15) is 18.4 Å². The molecule has 0 unspecified atom stereocenters. The monoisotopic (exact) mass is 502 g/mol. The smallest absolute Gasteiger partial charge is 0.276 e. The fourth-order valence-corrected chi connectivity index (χ4v) is 3.97. The molecule has 0 radical (unpaired) electrons. The molecule has 3 aromatic carbocycles. The van der Waals surface area contributed by atoms with Gasteiger partial charge in [0.15, 0.2) is 0 Å². The van der Waals surface area contributed by atoms with Crippen LogP contribution in [0.15, 0.2) is 81.2 Å². The van der Waals surface area contributed by atoms with Gasteiger partial charge in [-0.3, -0.25) is 0 Å². The molecular weight excluding hydrogens is 480 g/mol. The fourth-order valence-electron chi connectivity index (χ4n) is 2.75. The number of aryl methyl sites for hydroxylation is 1. The number of hydrogen-bond acceptors (Lipinski definition) is 5. The number of sulfonamides is 1. The maximum Gasteiger partial charge on any atom is 0.276 e. The van der Waals surface area contributed by atoms with E-state index in [-0.39, 0.29) is 4.90 Å². The van der Waals surface area contributed by atoms with Crippen LogP contribution in [0.3, 0.4) is 0 Å². The highest BCUT2D eigenvalue weighted by atomic mass is 79.9. The maximum atomic E-state index is 12.5. The summed E-state index contributed by atoms with van der Waals surface area (Å²) < 4.78 is 37.0. The van der Waals surface area contributed by atoms with E-state index in [4.69, 9.17) is 9.47 Å². The Bertz CT molecular complexity index is 1180. The van der Waals surface area contributed by atoms with Crippen molar-refractivity contribution in [2.75, 3.05) is 7.11 Å². The Balaban J connectivity index is 1.78. The second kappa shape index (κ2) is 9.98. The molecule has 0 spiro atoms. The average molecular weight is 503 g/mol. The van der Waals surface area contributed by atoms with Crippen LogP contribution in [0.4, 0.5) is 0 Å². The molecule has 1 N–H and O–H groups in total. The SMILES string of the molecule is COc1ccc(COc2ccc(Br)cc2/C(C)=N\NS(=O)(=O)c2ccc(C)cc2)cc1. The fraction of sp³-hybridized carbons (Fsp3) is 0.174. The predicted molar refractivity (Wildman–Crippen MR) is 125 cm³/mol. The van der Waals surface area contributed by atoms with E-state index in [1.807, 2.05) is 49.4 Å². The van der Waals surface area contributed by atoms with Crippen molar-refractivity contribution < 1.29 is 17.9 Å². The van der Waals surface area contributed by atoms with Crippen LogP contribution >= 0.6 is 15.9 Å². The number of benzene rings is 3. The first-order chi connectivity index (χ1) is 14.8. The number of hydrogen-bond donors (Lipinski definition) is 1. The maximum absolute atomic E-state index is 12.5. The highest BCUT2D eigenvalue weighted by Crippen LogP contribution is 2.25. The van der Waals surface area contributed by atoms with E-state index in [1.54, 1.807) is 38.3 Å². The Kier molecular flexibility index (Phi) is 7.35. The van der Waals surface area contributed by atoms with Gasteiger partial charge in [0.05, 0.1) is 17.7 Å². The topological polar surface area (TPSA) is 77.0 Å². The van der Waals surface area contributed by atoms with Gasteiger partial charge < -0.3 is 9.47 Å². The zero-order valence-corrected chi connectivity index (χ0v) is 19.8. The van der Waals surface area contributed by atoms with E-state index in [0.717, 1.165) is 21.3 Å². The second-order valence-corrected chi connectivity index (χ2v) is 9.46. The second-order valence-electron chi connectivity index (χ2n) is 6.88. The van der Waals surface area contributed by atoms with E-state index in [9.17, 15) is 8.42 Å². The van der Waals surface area contributed by atoms with Crippen molar-refractivity contribution in [3.8, 4) is 11.5 Å². The van der Waals surface area contributed by atoms with Gasteiger partial charge in [0.1, 0.15) is 18.1 Å². The standard InChI is InChI=1S/C23H23BrN2O4S/c1-16-4-11-21(12-5-16)31(27,28)26-25-17(2)22-14-19(24)8-13-23(22)30-15-18-6-9-20(29-3)10-7-18/h4-14,26H,15H2,1-3H3/b25-17-. The lowest BCUT2D eigenvalue weighted by Crippen LogP contribution is -2.20. The van der Waals surface area contributed by atoms with Gasteiger partial charge in [-0.15, -0.1) is 0 Å². The van der Waals surface area contributed by atoms with Crippen molar-refractivity contribution in [1.29, 1.82) is 0 Å². The third-order valence-electron chi connectivity index (χ3n) is 4.55. The summed E-state index contributed by atoms with van der Waals surface area (Å²) in [6.07, 6.45) is 0. The lowest BCUT2D eigenvalue weighted by molar-refractivity contribution is 0.305. The Morgan fingerprint density at radius 1 is 1.03 bits per heavy atom. The van der Waals surface area contributed by atoms with Crippen LogP contribution in [0.1, 0.15) is 23.6 Å². The molecule has 8 heteroatoms. The van der Waals surface area contributed by atoms with Gasteiger partial charge in [-0.1, -0.05) is 45.8 Å². The first kappa shape index (κ1) is 22.8. The lowest BCUT2D eigenvalue weighted by atomic mass is 10.1. The zero-order chi connectivity index (χ0) is 22.4. The van der Waals surface area contributed by atoms with Crippen molar-refractivity contribution in [2.24, 2.45) is 5.10 Å². The summed E-state index contributed by atoms with van der Waals surface area (Å²) in [6.45, 7) is 3.97. The minimum absolute atomic E-state index is 0.153. The molecule has 0 fully saturated rings. The molecule has 0 heterocycles. The summed E-state index contributed by atoms with van der Waals surface area (Å²) >= 11 is 3.45. The van der Waals surface area contributed by atoms with Crippen LogP contribution in [0.2, 0.25) is 0 Å². The van der Waals surface area contributed by atoms with E-state index < -0.39 is 10.0 Å². The molecular formula is C23H23BrN2O4S. The first-order valence-electron chi connectivity index (χ1n) is 9.47. The first-order valence-corrected chi connectivity index (χ1v) is 11.7. The van der Waals surface area contributed by atoms with Gasteiger partial charge in [0.2, 0.25) is 0 Å². The molecule has 3 rings (SSSR count). The number of ether oxygens (including phenoxy) is 2. The molecule has 0 aliphatic carbocycles. The minimum atomic E-state index is -3.77. The third-order valence-corrected chi connectivity index (χ3v) is 6.27. The largest absolute Gasteiger partial charge is 0.497 e. The van der Waals surface area contributed by atoms with Crippen LogP contribution in [0.5, 0.6) is 11.5 Å². The molecule has 0 atom stereocenters. The number of methoxy groups -OCH3 is 1. The van der Waals surface area contributed by atoms with Crippen molar-refractivity contribution in [3.05, 3.63) is 87.9 Å². The summed E-state index contributed by atoms with van der Waals surface area (Å²) in [5.41, 5.74) is 3.10. The van der Waals surface area contributed by atoms with Crippen LogP contribution < -0.4 is 14.3 Å². The highest BCUT2D eigenvalue weighted by molar-refractivity contribution is 9.10. The quantitative estimate of drug-likeness (QED) is 0.345. The van der Waals surface area contributed by atoms with Crippen molar-refractivity contribution in [2.45, 2.75) is 25.3 Å². The molecule has 3 aromatic rings. The van der Waals surface area contributed by atoms with Gasteiger partial charge in [0, 0.05) is 10.0 Å². The number of hydrazone groups is 1. The number of rotatable bonds is 8. The molecule has 162 valence electrons. The van der Waals surface area contributed by atoms with Crippen molar-refractivity contribution >= 4 is 31.7 Å². The Labute approximate surface area is 191 Å². The van der Waals surface area contributed by atoms with Gasteiger partial charge in [0.25, 0.3) is 10.0 Å². The molecule has 6 nitrogen and oxygen atoms in total. The minimum Gasteiger partial charge on any atom is -0.497 e.